The summed E-state index contributed by atoms with van der Waals surface area (Å²) in [5.74, 6) is 0.0816. The second kappa shape index (κ2) is 6.47. The molecule has 110 valence electrons. The molecule has 1 N–H and O–H groups in total. The van der Waals surface area contributed by atoms with Crippen LogP contribution < -0.4 is 5.32 Å². The monoisotopic (exact) mass is 304 g/mol. The van der Waals surface area contributed by atoms with Crippen molar-refractivity contribution in [1.29, 1.82) is 0 Å². The lowest BCUT2D eigenvalue weighted by Gasteiger charge is -2.11. The van der Waals surface area contributed by atoms with Gasteiger partial charge in [0.25, 0.3) is 0 Å². The predicted molar refractivity (Wildman–Crippen MR) is 70.4 cm³/mol. The summed E-state index contributed by atoms with van der Waals surface area (Å²) >= 11 is 1.14. The van der Waals surface area contributed by atoms with Gasteiger partial charge in [0.2, 0.25) is 5.91 Å². The smallest absolute Gasteiger partial charge is 0.353 e. The van der Waals surface area contributed by atoms with E-state index in [0.29, 0.717) is 5.03 Å². The maximum absolute atomic E-state index is 12.4. The molecule has 0 spiro atoms. The largest absolute Gasteiger partial charge is 0.417 e. The van der Waals surface area contributed by atoms with Gasteiger partial charge in [0, 0.05) is 12.2 Å². The molecular weight excluding hydrogens is 289 g/mol. The van der Waals surface area contributed by atoms with E-state index in [4.69, 9.17) is 0 Å². The molecule has 1 saturated carbocycles. The second-order valence-corrected chi connectivity index (χ2v) is 5.72. The summed E-state index contributed by atoms with van der Waals surface area (Å²) in [6, 6.07) is 2.52. The second-order valence-electron chi connectivity index (χ2n) is 4.72. The number of hydrogen-bond acceptors (Lipinski definition) is 3. The SMILES string of the molecule is O=C(CSc1ccc(C(F)(F)F)cn1)NC1CCCC1. The maximum Gasteiger partial charge on any atom is 0.417 e. The number of rotatable bonds is 4. The minimum atomic E-state index is -4.38. The fraction of sp³-hybridized carbons (Fsp3) is 0.538. The Balaban J connectivity index is 1.80. The number of amides is 1. The van der Waals surface area contributed by atoms with Crippen molar-refractivity contribution in [1.82, 2.24) is 10.3 Å². The van der Waals surface area contributed by atoms with E-state index >= 15 is 0 Å². The number of pyridine rings is 1. The molecule has 0 aromatic carbocycles. The fourth-order valence-corrected chi connectivity index (χ4v) is 2.77. The van der Waals surface area contributed by atoms with Gasteiger partial charge in [-0.2, -0.15) is 13.2 Å². The average Bonchev–Trinajstić information content (AvgIpc) is 2.88. The van der Waals surface area contributed by atoms with Crippen molar-refractivity contribution < 1.29 is 18.0 Å². The number of nitrogens with one attached hydrogen (secondary N) is 1. The summed E-state index contributed by atoms with van der Waals surface area (Å²) in [5.41, 5.74) is -0.780. The van der Waals surface area contributed by atoms with Crippen molar-refractivity contribution in [3.05, 3.63) is 23.9 Å². The molecule has 20 heavy (non-hydrogen) atoms. The number of carbonyl (C=O) groups is 1. The van der Waals surface area contributed by atoms with Crippen LogP contribution in [0.15, 0.2) is 23.4 Å². The van der Waals surface area contributed by atoms with Gasteiger partial charge in [-0.25, -0.2) is 4.98 Å². The van der Waals surface area contributed by atoms with Crippen LogP contribution in [0.5, 0.6) is 0 Å². The Bertz CT molecular complexity index is 456. The lowest BCUT2D eigenvalue weighted by atomic mass is 10.2. The normalized spacial score (nSPS) is 16.4. The maximum atomic E-state index is 12.4. The van der Waals surface area contributed by atoms with Crippen LogP contribution in [0.4, 0.5) is 13.2 Å². The summed E-state index contributed by atoms with van der Waals surface area (Å²) in [5, 5.41) is 3.33. The Morgan fingerprint density at radius 1 is 1.35 bits per heavy atom. The van der Waals surface area contributed by atoms with Gasteiger partial charge in [-0.1, -0.05) is 24.6 Å². The van der Waals surface area contributed by atoms with Crippen LogP contribution >= 0.6 is 11.8 Å². The highest BCUT2D eigenvalue weighted by Gasteiger charge is 2.30. The zero-order valence-electron chi connectivity index (χ0n) is 10.7. The van der Waals surface area contributed by atoms with Gasteiger partial charge in [-0.3, -0.25) is 4.79 Å². The van der Waals surface area contributed by atoms with Crippen LogP contribution in [0.3, 0.4) is 0 Å². The number of nitrogens with zero attached hydrogens (tertiary/aromatic N) is 1. The Hall–Kier alpha value is -1.24. The number of thioether (sulfide) groups is 1. The van der Waals surface area contributed by atoms with E-state index < -0.39 is 11.7 Å². The van der Waals surface area contributed by atoms with Crippen LogP contribution in [-0.2, 0) is 11.0 Å². The van der Waals surface area contributed by atoms with Crippen LogP contribution in [0.25, 0.3) is 0 Å². The van der Waals surface area contributed by atoms with E-state index in [0.717, 1.165) is 49.7 Å². The Morgan fingerprint density at radius 3 is 2.60 bits per heavy atom. The van der Waals surface area contributed by atoms with Gasteiger partial charge in [0.05, 0.1) is 16.3 Å². The van der Waals surface area contributed by atoms with Crippen LogP contribution in [0.1, 0.15) is 31.2 Å². The van der Waals surface area contributed by atoms with E-state index in [2.05, 4.69) is 10.3 Å². The number of hydrogen-bond donors (Lipinski definition) is 1. The molecule has 2 rings (SSSR count). The molecule has 1 fully saturated rings. The van der Waals surface area contributed by atoms with Crippen LogP contribution in [-0.4, -0.2) is 22.7 Å². The molecule has 0 aliphatic heterocycles. The number of alkyl halides is 3. The zero-order chi connectivity index (χ0) is 14.6. The molecule has 0 atom stereocenters. The highest BCUT2D eigenvalue weighted by Crippen LogP contribution is 2.29. The van der Waals surface area contributed by atoms with E-state index in [-0.39, 0.29) is 17.7 Å². The number of halogens is 3. The third-order valence-corrected chi connectivity index (χ3v) is 4.08. The lowest BCUT2D eigenvalue weighted by molar-refractivity contribution is -0.137. The highest BCUT2D eigenvalue weighted by molar-refractivity contribution is 7.99. The molecule has 1 aromatic heterocycles. The fourth-order valence-electron chi connectivity index (χ4n) is 2.11. The summed E-state index contributed by atoms with van der Waals surface area (Å²) in [7, 11) is 0. The first kappa shape index (κ1) is 15.2. The third-order valence-electron chi connectivity index (χ3n) is 3.14. The molecule has 3 nitrogen and oxygen atoms in total. The summed E-state index contributed by atoms with van der Waals surface area (Å²) < 4.78 is 37.1. The van der Waals surface area contributed by atoms with Gasteiger partial charge >= 0.3 is 6.18 Å². The molecule has 0 bridgehead atoms. The zero-order valence-corrected chi connectivity index (χ0v) is 11.6. The number of aromatic nitrogens is 1. The molecule has 1 aromatic rings. The molecule has 1 aliphatic rings. The highest BCUT2D eigenvalue weighted by atomic mass is 32.2. The quantitative estimate of drug-likeness (QED) is 0.868. The molecular formula is C13H15F3N2OS. The molecule has 0 radical (unpaired) electrons. The van der Waals surface area contributed by atoms with Gasteiger partial charge in [0.1, 0.15) is 0 Å². The lowest BCUT2D eigenvalue weighted by Crippen LogP contribution is -2.33. The van der Waals surface area contributed by atoms with Crippen LogP contribution in [0.2, 0.25) is 0 Å². The first-order chi connectivity index (χ1) is 9.45. The van der Waals surface area contributed by atoms with Crippen molar-refractivity contribution in [2.45, 2.75) is 42.9 Å². The minimum absolute atomic E-state index is 0.0939. The van der Waals surface area contributed by atoms with Gasteiger partial charge in [0.15, 0.2) is 0 Å². The molecule has 1 heterocycles. The predicted octanol–water partition coefficient (Wildman–Crippen LogP) is 3.25. The Morgan fingerprint density at radius 2 is 2.05 bits per heavy atom. The number of carbonyl (C=O) groups excluding carboxylic acids is 1. The first-order valence-corrected chi connectivity index (χ1v) is 7.39. The van der Waals surface area contributed by atoms with Crippen LogP contribution in [0, 0.1) is 0 Å². The summed E-state index contributed by atoms with van der Waals surface area (Å²) in [6.07, 6.45) is 0.703. The third kappa shape index (κ3) is 4.40. The van der Waals surface area contributed by atoms with Gasteiger partial charge in [-0.05, 0) is 25.0 Å². The van der Waals surface area contributed by atoms with E-state index in [9.17, 15) is 18.0 Å². The molecule has 1 aliphatic carbocycles. The molecule has 7 heteroatoms. The Labute approximate surface area is 119 Å². The van der Waals surface area contributed by atoms with Crippen molar-refractivity contribution in [2.24, 2.45) is 0 Å². The van der Waals surface area contributed by atoms with Crippen molar-refractivity contribution >= 4 is 17.7 Å². The topological polar surface area (TPSA) is 42.0 Å². The van der Waals surface area contributed by atoms with Crippen molar-refractivity contribution in [2.75, 3.05) is 5.75 Å². The summed E-state index contributed by atoms with van der Waals surface area (Å²) in [4.78, 5) is 15.4. The molecule has 0 unspecified atom stereocenters. The van der Waals surface area contributed by atoms with E-state index in [1.165, 1.54) is 6.07 Å². The van der Waals surface area contributed by atoms with Crippen molar-refractivity contribution in [3.63, 3.8) is 0 Å². The Kier molecular flexibility index (Phi) is 4.91. The average molecular weight is 304 g/mol. The minimum Gasteiger partial charge on any atom is -0.353 e. The van der Waals surface area contributed by atoms with Gasteiger partial charge in [-0.15, -0.1) is 0 Å². The van der Waals surface area contributed by atoms with E-state index in [1.807, 2.05) is 0 Å². The van der Waals surface area contributed by atoms with E-state index in [1.54, 1.807) is 0 Å². The molecule has 1 amide bonds. The van der Waals surface area contributed by atoms with Crippen molar-refractivity contribution in [3.8, 4) is 0 Å². The standard InChI is InChI=1S/C13H15F3N2OS/c14-13(15,16)9-5-6-12(17-7-9)20-8-11(19)18-10-3-1-2-4-10/h5-7,10H,1-4,8H2,(H,18,19). The summed E-state index contributed by atoms with van der Waals surface area (Å²) in [6.45, 7) is 0. The first-order valence-electron chi connectivity index (χ1n) is 6.40. The van der Waals surface area contributed by atoms with Gasteiger partial charge < -0.3 is 5.32 Å². The molecule has 0 saturated heterocycles.